The van der Waals surface area contributed by atoms with Gasteiger partial charge in [0.15, 0.2) is 0 Å². The van der Waals surface area contributed by atoms with Crippen molar-refractivity contribution in [3.8, 4) is 0 Å². The molecule has 0 saturated heterocycles. The number of benzene rings is 1. The van der Waals surface area contributed by atoms with Crippen molar-refractivity contribution in [2.24, 2.45) is 5.14 Å². The molecule has 0 heterocycles. The highest BCUT2D eigenvalue weighted by atomic mass is 32.2. The molecule has 0 bridgehead atoms. The highest BCUT2D eigenvalue weighted by molar-refractivity contribution is 7.92. The Bertz CT molecular complexity index is 627. The fourth-order valence-electron chi connectivity index (χ4n) is 1.03. The maximum Gasteiger partial charge on any atom is 0.296 e. The Hall–Kier alpha value is -1.39. The zero-order valence-electron chi connectivity index (χ0n) is 8.64. The number of nitrogens with one attached hydrogen (secondary N) is 2. The monoisotopic (exact) mass is 283 g/mol. The van der Waals surface area contributed by atoms with Crippen LogP contribution in [0.25, 0.3) is 0 Å². The van der Waals surface area contributed by atoms with E-state index < -0.39 is 26.0 Å². The van der Waals surface area contributed by atoms with Gasteiger partial charge < -0.3 is 0 Å². The van der Waals surface area contributed by atoms with Crippen LogP contribution in [0.1, 0.15) is 0 Å². The second-order valence-electron chi connectivity index (χ2n) is 3.22. The Morgan fingerprint density at radius 2 is 1.76 bits per heavy atom. The van der Waals surface area contributed by atoms with Crippen LogP contribution in [0.5, 0.6) is 0 Å². The number of halogens is 1. The lowest BCUT2D eigenvalue weighted by Gasteiger charge is -2.08. The smallest absolute Gasteiger partial charge is 0.281 e. The summed E-state index contributed by atoms with van der Waals surface area (Å²) in [5, 5.41) is 4.71. The summed E-state index contributed by atoms with van der Waals surface area (Å²) >= 11 is 0. The van der Waals surface area contributed by atoms with Crippen molar-refractivity contribution in [3.05, 3.63) is 24.0 Å². The molecule has 10 heteroatoms. The number of rotatable bonds is 4. The molecule has 0 aliphatic heterocycles. The number of hydrogen-bond donors (Lipinski definition) is 3. The van der Waals surface area contributed by atoms with Gasteiger partial charge in [0.1, 0.15) is 5.82 Å². The lowest BCUT2D eigenvalue weighted by atomic mass is 10.3. The number of hydrogen-bond acceptors (Lipinski definition) is 4. The molecule has 0 radical (unpaired) electrons. The molecule has 1 aromatic rings. The van der Waals surface area contributed by atoms with Gasteiger partial charge in [0.2, 0.25) is 10.0 Å². The summed E-state index contributed by atoms with van der Waals surface area (Å²) < 4.78 is 60.2. The molecule has 7 nitrogen and oxygen atoms in total. The molecule has 17 heavy (non-hydrogen) atoms. The largest absolute Gasteiger partial charge is 0.296 e. The van der Waals surface area contributed by atoms with E-state index >= 15 is 0 Å². The van der Waals surface area contributed by atoms with Crippen LogP contribution in [0.2, 0.25) is 0 Å². The summed E-state index contributed by atoms with van der Waals surface area (Å²) in [6.45, 7) is 0. The first-order chi connectivity index (χ1) is 7.57. The molecule has 0 aliphatic carbocycles. The van der Waals surface area contributed by atoms with Crippen LogP contribution in [0.15, 0.2) is 18.2 Å². The normalized spacial score (nSPS) is 12.2. The van der Waals surface area contributed by atoms with Crippen LogP contribution in [0.4, 0.5) is 15.8 Å². The van der Waals surface area contributed by atoms with Crippen LogP contribution >= 0.6 is 0 Å². The molecule has 96 valence electrons. The van der Waals surface area contributed by atoms with Gasteiger partial charge in [-0.3, -0.25) is 9.44 Å². The fraction of sp³-hybridized carbons (Fsp3) is 0.143. The molecular weight excluding hydrogens is 273 g/mol. The summed E-state index contributed by atoms with van der Waals surface area (Å²) in [6, 6.07) is 2.98. The van der Waals surface area contributed by atoms with Gasteiger partial charge >= 0.3 is 0 Å². The van der Waals surface area contributed by atoms with Crippen LogP contribution in [-0.2, 0) is 20.2 Å². The maximum absolute atomic E-state index is 13.2. The molecule has 0 fully saturated rings. The number of sulfonamides is 1. The van der Waals surface area contributed by atoms with Crippen molar-refractivity contribution in [1.82, 2.24) is 0 Å². The van der Waals surface area contributed by atoms with Crippen molar-refractivity contribution in [2.45, 2.75) is 0 Å². The van der Waals surface area contributed by atoms with E-state index in [-0.39, 0.29) is 11.4 Å². The summed E-state index contributed by atoms with van der Waals surface area (Å²) in [5.41, 5.74) is -0.429. The van der Waals surface area contributed by atoms with E-state index in [1.165, 1.54) is 0 Å². The molecule has 0 amide bonds. The zero-order valence-corrected chi connectivity index (χ0v) is 10.3. The topological polar surface area (TPSA) is 118 Å². The maximum atomic E-state index is 13.2. The fourth-order valence-corrected chi connectivity index (χ4v) is 2.04. The lowest BCUT2D eigenvalue weighted by Crippen LogP contribution is -2.22. The molecule has 0 spiro atoms. The minimum absolute atomic E-state index is 0.0555. The van der Waals surface area contributed by atoms with E-state index in [1.54, 1.807) is 0 Å². The molecule has 1 aromatic carbocycles. The first kappa shape index (κ1) is 13.7. The second kappa shape index (κ2) is 4.47. The molecule has 1 rings (SSSR count). The van der Waals surface area contributed by atoms with E-state index in [4.69, 9.17) is 5.14 Å². The van der Waals surface area contributed by atoms with E-state index in [0.29, 0.717) is 0 Å². The third kappa shape index (κ3) is 4.97. The average molecular weight is 283 g/mol. The predicted octanol–water partition coefficient (Wildman–Crippen LogP) is -0.187. The number of nitrogens with two attached hydrogens (primary N) is 1. The van der Waals surface area contributed by atoms with Crippen molar-refractivity contribution >= 4 is 31.6 Å². The first-order valence-corrected chi connectivity index (χ1v) is 7.58. The van der Waals surface area contributed by atoms with Gasteiger partial charge in [0.05, 0.1) is 17.6 Å². The Morgan fingerprint density at radius 3 is 2.24 bits per heavy atom. The molecule has 0 aromatic heterocycles. The first-order valence-electron chi connectivity index (χ1n) is 4.15. The van der Waals surface area contributed by atoms with Gasteiger partial charge in [-0.15, -0.1) is 0 Å². The van der Waals surface area contributed by atoms with E-state index in [0.717, 1.165) is 24.5 Å². The van der Waals surface area contributed by atoms with Gasteiger partial charge in [-0.05, 0) is 18.2 Å². The van der Waals surface area contributed by atoms with E-state index in [2.05, 4.69) is 0 Å². The minimum atomic E-state index is -4.00. The second-order valence-corrected chi connectivity index (χ2v) is 6.26. The predicted molar refractivity (Wildman–Crippen MR) is 61.6 cm³/mol. The van der Waals surface area contributed by atoms with Crippen LogP contribution in [0.3, 0.4) is 0 Å². The van der Waals surface area contributed by atoms with Gasteiger partial charge in [-0.1, -0.05) is 0 Å². The lowest BCUT2D eigenvalue weighted by molar-refractivity contribution is 0.602. The Labute approximate surface area is 98.1 Å². The van der Waals surface area contributed by atoms with Crippen LogP contribution < -0.4 is 14.6 Å². The molecule has 0 aliphatic rings. The molecule has 0 atom stereocenters. The SMILES string of the molecule is CS(=O)(=O)Nc1cc(NS(N)(=O)=O)ccc1F. The molecular formula is C7H10FN3O4S2. The van der Waals surface area contributed by atoms with E-state index in [9.17, 15) is 21.2 Å². The highest BCUT2D eigenvalue weighted by Crippen LogP contribution is 2.20. The van der Waals surface area contributed by atoms with Gasteiger partial charge in [0, 0.05) is 0 Å². The highest BCUT2D eigenvalue weighted by Gasteiger charge is 2.10. The van der Waals surface area contributed by atoms with Crippen molar-refractivity contribution in [2.75, 3.05) is 15.7 Å². The van der Waals surface area contributed by atoms with Gasteiger partial charge in [0.25, 0.3) is 10.2 Å². The summed E-state index contributed by atoms with van der Waals surface area (Å²) in [5.74, 6) is -0.838. The van der Waals surface area contributed by atoms with Crippen molar-refractivity contribution in [3.63, 3.8) is 0 Å². The van der Waals surface area contributed by atoms with E-state index in [1.807, 2.05) is 9.44 Å². The zero-order chi connectivity index (χ0) is 13.3. The molecule has 0 saturated carbocycles. The van der Waals surface area contributed by atoms with Crippen molar-refractivity contribution in [1.29, 1.82) is 0 Å². The van der Waals surface area contributed by atoms with Crippen molar-refractivity contribution < 1.29 is 21.2 Å². The summed E-state index contributed by atoms with van der Waals surface area (Å²) in [7, 11) is -7.66. The van der Waals surface area contributed by atoms with Crippen LogP contribution in [0, 0.1) is 5.82 Å². The third-order valence-electron chi connectivity index (χ3n) is 1.52. The average Bonchev–Trinajstić information content (AvgIpc) is 2.05. The Morgan fingerprint density at radius 1 is 1.18 bits per heavy atom. The third-order valence-corrected chi connectivity index (χ3v) is 2.63. The van der Waals surface area contributed by atoms with Gasteiger partial charge in [-0.25, -0.2) is 17.9 Å². The Balaban J connectivity index is 3.11. The van der Waals surface area contributed by atoms with Gasteiger partial charge in [-0.2, -0.15) is 8.42 Å². The number of anilines is 2. The molecule has 0 unspecified atom stereocenters. The summed E-state index contributed by atoms with van der Waals surface area (Å²) in [6.07, 6.45) is 0.840. The summed E-state index contributed by atoms with van der Waals surface area (Å²) in [4.78, 5) is 0. The standard InChI is InChI=1S/C7H10FN3O4S2/c1-16(12,13)11-7-4-5(2-3-6(7)8)10-17(9,14)15/h2-4,10-11H,1H3,(H2,9,14,15). The Kier molecular flexibility index (Phi) is 3.59. The quantitative estimate of drug-likeness (QED) is 0.709. The van der Waals surface area contributed by atoms with Crippen LogP contribution in [-0.4, -0.2) is 23.1 Å². The molecule has 4 N–H and O–H groups in total. The minimum Gasteiger partial charge on any atom is -0.281 e.